The van der Waals surface area contributed by atoms with Crippen molar-refractivity contribution in [3.05, 3.63) is 59.2 Å². The van der Waals surface area contributed by atoms with Crippen LogP contribution in [0.25, 0.3) is 33.4 Å². The van der Waals surface area contributed by atoms with Gasteiger partial charge in [-0.15, -0.1) is 10.2 Å². The maximum absolute atomic E-state index is 12.1. The first-order chi connectivity index (χ1) is 14.9. The number of benzene rings is 2. The third kappa shape index (κ3) is 3.82. The van der Waals surface area contributed by atoms with Gasteiger partial charge in [-0.2, -0.15) is 0 Å². The van der Waals surface area contributed by atoms with E-state index in [-0.39, 0.29) is 11.7 Å². The number of fused-ring (bicyclic) bond motifs is 1. The molecule has 0 fully saturated rings. The van der Waals surface area contributed by atoms with E-state index in [9.17, 15) is 9.90 Å². The minimum atomic E-state index is -0.351. The van der Waals surface area contributed by atoms with Crippen LogP contribution in [-0.2, 0) is 4.74 Å². The maximum atomic E-state index is 12.1. The van der Waals surface area contributed by atoms with Crippen molar-refractivity contribution in [3.63, 3.8) is 0 Å². The quantitative estimate of drug-likeness (QED) is 0.453. The molecule has 4 aromatic rings. The molecule has 4 rings (SSSR count). The lowest BCUT2D eigenvalue weighted by Gasteiger charge is -2.10. The molecule has 0 aliphatic carbocycles. The second-order valence-corrected chi connectivity index (χ2v) is 7.32. The van der Waals surface area contributed by atoms with Gasteiger partial charge < -0.3 is 19.6 Å². The van der Waals surface area contributed by atoms with E-state index < -0.39 is 0 Å². The third-order valence-electron chi connectivity index (χ3n) is 5.16. The van der Waals surface area contributed by atoms with Gasteiger partial charge in [-0.1, -0.05) is 0 Å². The highest BCUT2D eigenvalue weighted by atomic mass is 16.5. The Hall–Kier alpha value is -3.87. The first-order valence-electron chi connectivity index (χ1n) is 9.93. The van der Waals surface area contributed by atoms with Gasteiger partial charge >= 0.3 is 5.97 Å². The average molecular weight is 417 g/mol. The van der Waals surface area contributed by atoms with E-state index >= 15 is 0 Å². The number of ether oxygens (including phenoxy) is 2. The van der Waals surface area contributed by atoms with Crippen LogP contribution < -0.4 is 4.74 Å². The number of methoxy groups -OCH3 is 1. The van der Waals surface area contributed by atoms with Crippen LogP contribution in [0, 0.1) is 13.8 Å². The van der Waals surface area contributed by atoms with Gasteiger partial charge in [-0.3, -0.25) is 0 Å². The summed E-state index contributed by atoms with van der Waals surface area (Å²) < 4.78 is 10.5. The normalized spacial score (nSPS) is 11.0. The van der Waals surface area contributed by atoms with E-state index in [1.54, 1.807) is 26.2 Å². The van der Waals surface area contributed by atoms with Gasteiger partial charge in [0, 0.05) is 16.5 Å². The number of aryl methyl sites for hydroxylation is 2. The predicted molar refractivity (Wildman–Crippen MR) is 118 cm³/mol. The van der Waals surface area contributed by atoms with E-state index in [0.717, 1.165) is 38.9 Å². The Morgan fingerprint density at radius 1 is 1.06 bits per heavy atom. The van der Waals surface area contributed by atoms with E-state index in [2.05, 4.69) is 15.2 Å². The van der Waals surface area contributed by atoms with Crippen LogP contribution in [0.1, 0.15) is 28.4 Å². The molecule has 0 aliphatic rings. The number of carbonyl (C=O) groups excluding carboxylic acids is 1. The smallest absolute Gasteiger partial charge is 0.338 e. The van der Waals surface area contributed by atoms with Gasteiger partial charge in [-0.05, 0) is 74.4 Å². The molecule has 0 unspecified atom stereocenters. The number of aromatic nitrogens is 3. The highest BCUT2D eigenvalue weighted by molar-refractivity contribution is 5.96. The molecule has 2 aromatic heterocycles. The average Bonchev–Trinajstić information content (AvgIpc) is 3.20. The molecule has 2 N–H and O–H groups in total. The number of hydrogen-bond acceptors (Lipinski definition) is 6. The van der Waals surface area contributed by atoms with Gasteiger partial charge in [0.2, 0.25) is 5.88 Å². The summed E-state index contributed by atoms with van der Waals surface area (Å²) in [5, 5.41) is 19.5. The Balaban J connectivity index is 1.81. The van der Waals surface area contributed by atoms with Crippen LogP contribution in [0.15, 0.2) is 42.5 Å². The predicted octanol–water partition coefficient (Wildman–Crippen LogP) is 4.80. The summed E-state index contributed by atoms with van der Waals surface area (Å²) in [5.41, 5.74) is 5.95. The lowest BCUT2D eigenvalue weighted by Crippen LogP contribution is -2.03. The van der Waals surface area contributed by atoms with Gasteiger partial charge in [0.05, 0.1) is 36.2 Å². The van der Waals surface area contributed by atoms with Crippen LogP contribution in [0.4, 0.5) is 0 Å². The van der Waals surface area contributed by atoms with E-state index in [0.29, 0.717) is 23.7 Å². The lowest BCUT2D eigenvalue weighted by molar-refractivity contribution is 0.0526. The second-order valence-electron chi connectivity index (χ2n) is 7.32. The first kappa shape index (κ1) is 20.4. The Bertz CT molecular complexity index is 1270. The van der Waals surface area contributed by atoms with Crippen LogP contribution in [0.2, 0.25) is 0 Å². The molecule has 0 bridgehead atoms. The zero-order valence-electron chi connectivity index (χ0n) is 17.8. The third-order valence-corrected chi connectivity index (χ3v) is 5.16. The number of esters is 1. The van der Waals surface area contributed by atoms with Crippen LogP contribution in [0.5, 0.6) is 11.6 Å². The Kier molecular flexibility index (Phi) is 5.33. The van der Waals surface area contributed by atoms with Crippen molar-refractivity contribution in [1.82, 2.24) is 15.2 Å². The Morgan fingerprint density at radius 3 is 2.48 bits per heavy atom. The fourth-order valence-corrected chi connectivity index (χ4v) is 3.59. The standard InChI is InChI=1S/C24H23N3O4/c1-5-31-24(29)15-6-7-19-17(10-15)11-21(25-19)18-12-20(26-27-23(18)30-4)16-8-13(2)22(28)14(3)9-16/h6-12,25,28H,5H2,1-4H3. The summed E-state index contributed by atoms with van der Waals surface area (Å²) in [5.74, 6) is 0.308. The molecule has 7 nitrogen and oxygen atoms in total. The van der Waals surface area contributed by atoms with Crippen molar-refractivity contribution in [2.45, 2.75) is 20.8 Å². The SMILES string of the molecule is CCOC(=O)c1ccc2[nH]c(-c3cc(-c4cc(C)c(O)c(C)c4)nnc3OC)cc2c1. The topological polar surface area (TPSA) is 97.3 Å². The highest BCUT2D eigenvalue weighted by Gasteiger charge is 2.16. The van der Waals surface area contributed by atoms with Crippen molar-refractivity contribution in [1.29, 1.82) is 0 Å². The molecule has 7 heteroatoms. The number of aromatic amines is 1. The monoisotopic (exact) mass is 417 g/mol. The second kappa shape index (κ2) is 8.10. The summed E-state index contributed by atoms with van der Waals surface area (Å²) in [6.07, 6.45) is 0. The van der Waals surface area contributed by atoms with Gasteiger partial charge in [0.25, 0.3) is 0 Å². The van der Waals surface area contributed by atoms with E-state index in [1.165, 1.54) is 0 Å². The van der Waals surface area contributed by atoms with Crippen molar-refractivity contribution in [2.75, 3.05) is 13.7 Å². The molecular formula is C24H23N3O4. The van der Waals surface area contributed by atoms with E-state index in [1.807, 2.05) is 44.2 Å². The lowest BCUT2D eigenvalue weighted by atomic mass is 10.0. The summed E-state index contributed by atoms with van der Waals surface area (Å²) in [6, 6.07) is 13.0. The van der Waals surface area contributed by atoms with Gasteiger partial charge in [0.1, 0.15) is 5.75 Å². The van der Waals surface area contributed by atoms with Gasteiger partial charge in [0.15, 0.2) is 0 Å². The number of phenols is 1. The molecule has 0 aliphatic heterocycles. The fourth-order valence-electron chi connectivity index (χ4n) is 3.59. The minimum Gasteiger partial charge on any atom is -0.507 e. The molecule has 0 atom stereocenters. The fraction of sp³-hybridized carbons (Fsp3) is 0.208. The molecular weight excluding hydrogens is 394 g/mol. The molecule has 2 heterocycles. The number of nitrogens with zero attached hydrogens (tertiary/aromatic N) is 2. The number of phenolic OH excluding ortho intramolecular Hbond substituents is 1. The molecule has 0 spiro atoms. The summed E-state index contributed by atoms with van der Waals surface area (Å²) in [4.78, 5) is 15.4. The zero-order chi connectivity index (χ0) is 22.1. The first-order valence-corrected chi connectivity index (χ1v) is 9.93. The van der Waals surface area contributed by atoms with Crippen molar-refractivity contribution < 1.29 is 19.4 Å². The highest BCUT2D eigenvalue weighted by Crippen LogP contribution is 2.34. The number of aromatic hydroxyl groups is 1. The van der Waals surface area contributed by atoms with Crippen molar-refractivity contribution in [2.24, 2.45) is 0 Å². The van der Waals surface area contributed by atoms with E-state index in [4.69, 9.17) is 9.47 Å². The largest absolute Gasteiger partial charge is 0.507 e. The van der Waals surface area contributed by atoms with Crippen molar-refractivity contribution in [3.8, 4) is 34.1 Å². The molecule has 0 amide bonds. The molecule has 0 saturated heterocycles. The number of hydrogen-bond donors (Lipinski definition) is 2. The zero-order valence-corrected chi connectivity index (χ0v) is 17.8. The molecule has 2 aromatic carbocycles. The molecule has 0 saturated carbocycles. The molecule has 0 radical (unpaired) electrons. The summed E-state index contributed by atoms with van der Waals surface area (Å²) >= 11 is 0. The number of carbonyl (C=O) groups is 1. The number of H-pyrrole nitrogens is 1. The van der Waals surface area contributed by atoms with Crippen LogP contribution in [-0.4, -0.2) is 40.0 Å². The summed E-state index contributed by atoms with van der Waals surface area (Å²) in [6.45, 7) is 5.81. The maximum Gasteiger partial charge on any atom is 0.338 e. The van der Waals surface area contributed by atoms with Crippen LogP contribution in [0.3, 0.4) is 0 Å². The van der Waals surface area contributed by atoms with Crippen molar-refractivity contribution >= 4 is 16.9 Å². The minimum absolute atomic E-state index is 0.276. The number of rotatable bonds is 5. The molecule has 158 valence electrons. The van der Waals surface area contributed by atoms with Crippen LogP contribution >= 0.6 is 0 Å². The number of nitrogens with one attached hydrogen (secondary N) is 1. The Labute approximate surface area is 179 Å². The molecule has 31 heavy (non-hydrogen) atoms. The Morgan fingerprint density at radius 2 is 1.81 bits per heavy atom. The summed E-state index contributed by atoms with van der Waals surface area (Å²) in [7, 11) is 1.55. The van der Waals surface area contributed by atoms with Gasteiger partial charge in [-0.25, -0.2) is 4.79 Å².